The van der Waals surface area contributed by atoms with E-state index in [9.17, 15) is 4.79 Å². The summed E-state index contributed by atoms with van der Waals surface area (Å²) >= 11 is 6.58. The minimum absolute atomic E-state index is 0.0777. The minimum atomic E-state index is -0.0777. The van der Waals surface area contributed by atoms with E-state index in [1.807, 2.05) is 42.5 Å². The first-order valence-electron chi connectivity index (χ1n) is 8.22. The zero-order valence-electron chi connectivity index (χ0n) is 14.5. The molecule has 0 radical (unpaired) electrons. The van der Waals surface area contributed by atoms with E-state index < -0.39 is 0 Å². The maximum atomic E-state index is 12.4. The molecule has 5 heteroatoms. The maximum Gasteiger partial charge on any atom is 0.266 e. The van der Waals surface area contributed by atoms with Crippen LogP contribution in [0.1, 0.15) is 16.7 Å². The van der Waals surface area contributed by atoms with Crippen LogP contribution in [-0.4, -0.2) is 21.7 Å². The average molecular weight is 382 g/mol. The van der Waals surface area contributed by atoms with E-state index >= 15 is 0 Å². The van der Waals surface area contributed by atoms with Crippen LogP contribution in [0, 0.1) is 6.92 Å². The molecule has 3 nitrogen and oxygen atoms in total. The number of carbonyl (C=O) groups is 1. The lowest BCUT2D eigenvalue weighted by Gasteiger charge is -2.10. The number of aryl methyl sites for hydroxylation is 1. The van der Waals surface area contributed by atoms with Crippen molar-refractivity contribution in [2.24, 2.45) is 0 Å². The Labute approximate surface area is 163 Å². The van der Waals surface area contributed by atoms with Gasteiger partial charge in [-0.15, -0.1) is 6.58 Å². The molecule has 2 aromatic rings. The van der Waals surface area contributed by atoms with Gasteiger partial charge < -0.3 is 4.74 Å². The number of thiocarbonyl (C=S) groups is 1. The fraction of sp³-hybridized carbons (Fsp3) is 0.143. The van der Waals surface area contributed by atoms with Crippen LogP contribution in [0.2, 0.25) is 0 Å². The molecule has 0 unspecified atom stereocenters. The lowest BCUT2D eigenvalue weighted by molar-refractivity contribution is -0.121. The van der Waals surface area contributed by atoms with E-state index in [1.165, 1.54) is 17.3 Å². The van der Waals surface area contributed by atoms with Gasteiger partial charge in [-0.05, 0) is 41.8 Å². The van der Waals surface area contributed by atoms with Crippen molar-refractivity contribution in [2.45, 2.75) is 13.5 Å². The molecule has 0 aromatic heterocycles. The van der Waals surface area contributed by atoms with E-state index in [0.717, 1.165) is 16.9 Å². The van der Waals surface area contributed by atoms with Crippen molar-refractivity contribution < 1.29 is 9.53 Å². The Hall–Kier alpha value is -2.37. The second kappa shape index (κ2) is 8.34. The SMILES string of the molecule is C=CCN1C(=O)/C(=C/c2cccc(OCc3ccccc3C)c2)SC1=S. The highest BCUT2D eigenvalue weighted by atomic mass is 32.2. The molecule has 1 aliphatic heterocycles. The van der Waals surface area contributed by atoms with Crippen molar-refractivity contribution in [3.05, 3.63) is 82.8 Å². The molecule has 132 valence electrons. The summed E-state index contributed by atoms with van der Waals surface area (Å²) in [6.45, 7) is 6.68. The number of ether oxygens (including phenoxy) is 1. The van der Waals surface area contributed by atoms with Crippen LogP contribution in [0.3, 0.4) is 0 Å². The van der Waals surface area contributed by atoms with E-state index in [1.54, 1.807) is 11.0 Å². The zero-order chi connectivity index (χ0) is 18.5. The normalized spacial score (nSPS) is 15.6. The molecular weight excluding hydrogens is 362 g/mol. The summed E-state index contributed by atoms with van der Waals surface area (Å²) < 4.78 is 6.48. The summed E-state index contributed by atoms with van der Waals surface area (Å²) in [5, 5.41) is 0. The quantitative estimate of drug-likeness (QED) is 0.402. The summed E-state index contributed by atoms with van der Waals surface area (Å²) in [6.07, 6.45) is 3.52. The number of hydrogen-bond donors (Lipinski definition) is 0. The molecule has 1 amide bonds. The zero-order valence-corrected chi connectivity index (χ0v) is 16.1. The second-order valence-corrected chi connectivity index (χ2v) is 7.54. The average Bonchev–Trinajstić information content (AvgIpc) is 2.89. The van der Waals surface area contributed by atoms with E-state index in [0.29, 0.717) is 22.4 Å². The van der Waals surface area contributed by atoms with Gasteiger partial charge in [0.25, 0.3) is 5.91 Å². The van der Waals surface area contributed by atoms with Crippen molar-refractivity contribution in [1.29, 1.82) is 0 Å². The maximum absolute atomic E-state index is 12.4. The molecule has 0 spiro atoms. The van der Waals surface area contributed by atoms with Gasteiger partial charge in [-0.25, -0.2) is 0 Å². The number of carbonyl (C=O) groups excluding carboxylic acids is 1. The Morgan fingerprint density at radius 1 is 1.23 bits per heavy atom. The lowest BCUT2D eigenvalue weighted by atomic mass is 10.1. The van der Waals surface area contributed by atoms with Gasteiger partial charge in [-0.1, -0.05) is 66.5 Å². The first kappa shape index (κ1) is 18.4. The molecule has 0 aliphatic carbocycles. The van der Waals surface area contributed by atoms with Crippen molar-refractivity contribution in [2.75, 3.05) is 6.54 Å². The summed E-state index contributed by atoms with van der Waals surface area (Å²) in [5.74, 6) is 0.690. The number of rotatable bonds is 6. The minimum Gasteiger partial charge on any atom is -0.489 e. The molecule has 0 N–H and O–H groups in total. The van der Waals surface area contributed by atoms with Crippen LogP contribution >= 0.6 is 24.0 Å². The Kier molecular flexibility index (Phi) is 5.91. The van der Waals surface area contributed by atoms with Gasteiger partial charge in [-0.3, -0.25) is 9.69 Å². The fourth-order valence-corrected chi connectivity index (χ4v) is 3.84. The Morgan fingerprint density at radius 2 is 2.04 bits per heavy atom. The summed E-state index contributed by atoms with van der Waals surface area (Å²) in [5.41, 5.74) is 3.27. The first-order valence-corrected chi connectivity index (χ1v) is 9.44. The molecule has 1 saturated heterocycles. The Morgan fingerprint density at radius 3 is 2.81 bits per heavy atom. The van der Waals surface area contributed by atoms with Crippen LogP contribution < -0.4 is 4.74 Å². The Balaban J connectivity index is 1.73. The number of thioether (sulfide) groups is 1. The van der Waals surface area contributed by atoms with Crippen LogP contribution in [0.4, 0.5) is 0 Å². The molecule has 1 heterocycles. The van der Waals surface area contributed by atoms with Gasteiger partial charge in [0.15, 0.2) is 0 Å². The first-order chi connectivity index (χ1) is 12.6. The van der Waals surface area contributed by atoms with Crippen LogP contribution in [0.15, 0.2) is 66.1 Å². The van der Waals surface area contributed by atoms with Crippen LogP contribution in [0.5, 0.6) is 5.75 Å². The summed E-state index contributed by atoms with van der Waals surface area (Å²) in [6, 6.07) is 15.9. The Bertz CT molecular complexity index is 889. The van der Waals surface area contributed by atoms with Gasteiger partial charge in [0, 0.05) is 6.54 Å². The van der Waals surface area contributed by atoms with Gasteiger partial charge in [-0.2, -0.15) is 0 Å². The summed E-state index contributed by atoms with van der Waals surface area (Å²) in [7, 11) is 0. The van der Waals surface area contributed by atoms with Gasteiger partial charge in [0.2, 0.25) is 0 Å². The van der Waals surface area contributed by atoms with E-state index in [4.69, 9.17) is 17.0 Å². The molecule has 0 bridgehead atoms. The van der Waals surface area contributed by atoms with Gasteiger partial charge in [0.05, 0.1) is 4.91 Å². The van der Waals surface area contributed by atoms with Crippen LogP contribution in [-0.2, 0) is 11.4 Å². The molecule has 1 aliphatic rings. The fourth-order valence-electron chi connectivity index (χ4n) is 2.57. The molecule has 3 rings (SSSR count). The van der Waals surface area contributed by atoms with Crippen LogP contribution in [0.25, 0.3) is 6.08 Å². The molecule has 2 aromatic carbocycles. The predicted molar refractivity (Wildman–Crippen MR) is 112 cm³/mol. The van der Waals surface area contributed by atoms with Crippen molar-refractivity contribution in [3.8, 4) is 5.75 Å². The highest BCUT2D eigenvalue weighted by molar-refractivity contribution is 8.26. The molecule has 26 heavy (non-hydrogen) atoms. The van der Waals surface area contributed by atoms with Crippen molar-refractivity contribution in [3.63, 3.8) is 0 Å². The second-order valence-electron chi connectivity index (χ2n) is 5.87. The highest BCUT2D eigenvalue weighted by Crippen LogP contribution is 2.32. The third kappa shape index (κ3) is 4.23. The number of amides is 1. The smallest absolute Gasteiger partial charge is 0.266 e. The molecular formula is C21H19NO2S2. The molecule has 0 saturated carbocycles. The van der Waals surface area contributed by atoms with Gasteiger partial charge >= 0.3 is 0 Å². The third-order valence-electron chi connectivity index (χ3n) is 4.00. The van der Waals surface area contributed by atoms with E-state index in [2.05, 4.69) is 25.6 Å². The standard InChI is InChI=1S/C21H19NO2S2/c1-3-11-22-20(23)19(26-21(22)25)13-16-8-6-10-18(12-16)24-14-17-9-5-4-7-15(17)2/h3-10,12-13H,1,11,14H2,2H3/b19-13-. The summed E-state index contributed by atoms with van der Waals surface area (Å²) in [4.78, 5) is 14.6. The topological polar surface area (TPSA) is 29.5 Å². The van der Waals surface area contributed by atoms with Crippen molar-refractivity contribution in [1.82, 2.24) is 4.90 Å². The number of hydrogen-bond acceptors (Lipinski definition) is 4. The van der Waals surface area contributed by atoms with Gasteiger partial charge in [0.1, 0.15) is 16.7 Å². The van der Waals surface area contributed by atoms with E-state index in [-0.39, 0.29) is 5.91 Å². The highest BCUT2D eigenvalue weighted by Gasteiger charge is 2.30. The molecule has 0 atom stereocenters. The molecule has 1 fully saturated rings. The monoisotopic (exact) mass is 381 g/mol. The number of benzene rings is 2. The lowest BCUT2D eigenvalue weighted by Crippen LogP contribution is -2.27. The largest absolute Gasteiger partial charge is 0.489 e. The predicted octanol–water partition coefficient (Wildman–Crippen LogP) is 4.96. The van der Waals surface area contributed by atoms with Crippen molar-refractivity contribution >= 4 is 40.3 Å². The number of nitrogens with zero attached hydrogens (tertiary/aromatic N) is 1. The third-order valence-corrected chi connectivity index (χ3v) is 5.37.